The monoisotopic (exact) mass is 343 g/mol. The molecule has 1 aliphatic heterocycles. The van der Waals surface area contributed by atoms with E-state index in [0.29, 0.717) is 32.6 Å². The van der Waals surface area contributed by atoms with Gasteiger partial charge in [0.1, 0.15) is 5.82 Å². The summed E-state index contributed by atoms with van der Waals surface area (Å²) in [7, 11) is 0. The number of benzene rings is 1. The quantitative estimate of drug-likeness (QED) is 0.923. The first-order chi connectivity index (χ1) is 12.1. The van der Waals surface area contributed by atoms with Crippen molar-refractivity contribution in [1.29, 1.82) is 0 Å². The van der Waals surface area contributed by atoms with E-state index in [4.69, 9.17) is 0 Å². The van der Waals surface area contributed by atoms with Gasteiger partial charge in [-0.2, -0.15) is 0 Å². The molecule has 6 heteroatoms. The lowest BCUT2D eigenvalue weighted by atomic mass is 10.1. The van der Waals surface area contributed by atoms with Crippen LogP contribution in [0.4, 0.5) is 4.39 Å². The van der Waals surface area contributed by atoms with Crippen LogP contribution in [0.25, 0.3) is 0 Å². The molecule has 5 nitrogen and oxygen atoms in total. The van der Waals surface area contributed by atoms with E-state index in [2.05, 4.69) is 4.98 Å². The summed E-state index contributed by atoms with van der Waals surface area (Å²) in [6.45, 7) is 2.41. The number of rotatable bonds is 4. The fourth-order valence-electron chi connectivity index (χ4n) is 3.06. The molecule has 25 heavy (non-hydrogen) atoms. The first-order valence-electron chi connectivity index (χ1n) is 8.53. The van der Waals surface area contributed by atoms with E-state index in [-0.39, 0.29) is 24.1 Å². The maximum Gasteiger partial charge on any atom is 0.227 e. The SMILES string of the molecule is O=C(Cc1ccc(F)cc1)N1CCCN(C(=O)Cc2cc[nH]c2)CC1. The molecule has 1 aromatic carbocycles. The van der Waals surface area contributed by atoms with Gasteiger partial charge in [-0.25, -0.2) is 4.39 Å². The molecule has 0 atom stereocenters. The van der Waals surface area contributed by atoms with Crippen LogP contribution < -0.4 is 0 Å². The third kappa shape index (κ3) is 4.68. The highest BCUT2D eigenvalue weighted by atomic mass is 19.1. The van der Waals surface area contributed by atoms with Crippen molar-refractivity contribution in [1.82, 2.24) is 14.8 Å². The number of H-pyrrole nitrogens is 1. The first-order valence-corrected chi connectivity index (χ1v) is 8.53. The van der Waals surface area contributed by atoms with Crippen LogP contribution in [-0.4, -0.2) is 52.8 Å². The third-order valence-corrected chi connectivity index (χ3v) is 4.49. The minimum Gasteiger partial charge on any atom is -0.367 e. The molecule has 1 aromatic heterocycles. The normalized spacial score (nSPS) is 15.1. The number of aromatic nitrogens is 1. The number of halogens is 1. The van der Waals surface area contributed by atoms with Crippen molar-refractivity contribution in [2.45, 2.75) is 19.3 Å². The van der Waals surface area contributed by atoms with Crippen LogP contribution >= 0.6 is 0 Å². The van der Waals surface area contributed by atoms with Gasteiger partial charge in [0, 0.05) is 38.6 Å². The summed E-state index contributed by atoms with van der Waals surface area (Å²) < 4.78 is 13.0. The number of carbonyl (C=O) groups is 2. The van der Waals surface area contributed by atoms with Gasteiger partial charge in [-0.1, -0.05) is 12.1 Å². The van der Waals surface area contributed by atoms with E-state index in [0.717, 1.165) is 17.5 Å². The molecular weight excluding hydrogens is 321 g/mol. The summed E-state index contributed by atoms with van der Waals surface area (Å²) in [4.78, 5) is 31.4. The highest BCUT2D eigenvalue weighted by Crippen LogP contribution is 2.10. The highest BCUT2D eigenvalue weighted by molar-refractivity contribution is 5.80. The number of amides is 2. The number of nitrogens with zero attached hydrogens (tertiary/aromatic N) is 2. The smallest absolute Gasteiger partial charge is 0.227 e. The molecule has 3 rings (SSSR count). The Morgan fingerprint density at radius 1 is 0.880 bits per heavy atom. The molecule has 132 valence electrons. The van der Waals surface area contributed by atoms with Crippen molar-refractivity contribution >= 4 is 11.8 Å². The van der Waals surface area contributed by atoms with E-state index in [1.807, 2.05) is 17.2 Å². The Morgan fingerprint density at radius 2 is 1.48 bits per heavy atom. The molecule has 2 amide bonds. The van der Waals surface area contributed by atoms with Gasteiger partial charge in [0.05, 0.1) is 12.8 Å². The number of carbonyl (C=O) groups excluding carboxylic acids is 2. The Morgan fingerprint density at radius 3 is 2.04 bits per heavy atom. The zero-order chi connectivity index (χ0) is 17.6. The van der Waals surface area contributed by atoms with Gasteiger partial charge in [0.15, 0.2) is 0 Å². The zero-order valence-corrected chi connectivity index (χ0v) is 14.1. The summed E-state index contributed by atoms with van der Waals surface area (Å²) in [5, 5.41) is 0. The third-order valence-electron chi connectivity index (χ3n) is 4.49. The number of aromatic amines is 1. The predicted molar refractivity (Wildman–Crippen MR) is 92.4 cm³/mol. The Labute approximate surface area is 146 Å². The Balaban J connectivity index is 1.53. The highest BCUT2D eigenvalue weighted by Gasteiger charge is 2.22. The molecule has 2 aromatic rings. The summed E-state index contributed by atoms with van der Waals surface area (Å²) in [6, 6.07) is 7.91. The molecule has 1 fully saturated rings. The van der Waals surface area contributed by atoms with Crippen LogP contribution in [0.3, 0.4) is 0 Å². The molecule has 1 saturated heterocycles. The van der Waals surface area contributed by atoms with Gasteiger partial charge in [-0.15, -0.1) is 0 Å². The number of hydrogen-bond acceptors (Lipinski definition) is 2. The van der Waals surface area contributed by atoms with E-state index >= 15 is 0 Å². The van der Waals surface area contributed by atoms with Gasteiger partial charge < -0.3 is 14.8 Å². The zero-order valence-electron chi connectivity index (χ0n) is 14.1. The van der Waals surface area contributed by atoms with Crippen molar-refractivity contribution < 1.29 is 14.0 Å². The fraction of sp³-hybridized carbons (Fsp3) is 0.368. The minimum absolute atomic E-state index is 0.0199. The van der Waals surface area contributed by atoms with Gasteiger partial charge in [0.2, 0.25) is 11.8 Å². The van der Waals surface area contributed by atoms with Crippen molar-refractivity contribution in [3.05, 3.63) is 59.7 Å². The number of hydrogen-bond donors (Lipinski definition) is 1. The Bertz CT molecular complexity index is 713. The molecule has 0 spiro atoms. The second kappa shape index (κ2) is 7.96. The topological polar surface area (TPSA) is 56.4 Å². The van der Waals surface area contributed by atoms with Gasteiger partial charge in [-0.05, 0) is 35.7 Å². The Kier molecular flexibility index (Phi) is 5.48. The lowest BCUT2D eigenvalue weighted by molar-refractivity contribution is -0.132. The van der Waals surface area contributed by atoms with Crippen LogP contribution in [0, 0.1) is 5.82 Å². The van der Waals surface area contributed by atoms with Crippen molar-refractivity contribution in [3.63, 3.8) is 0 Å². The van der Waals surface area contributed by atoms with Crippen LogP contribution in [0.1, 0.15) is 17.5 Å². The van der Waals surface area contributed by atoms with Gasteiger partial charge in [0.25, 0.3) is 0 Å². The summed E-state index contributed by atoms with van der Waals surface area (Å²) in [5.41, 5.74) is 1.77. The van der Waals surface area contributed by atoms with E-state index in [1.54, 1.807) is 23.2 Å². The Hall–Kier alpha value is -2.63. The molecule has 1 aliphatic rings. The second-order valence-corrected chi connectivity index (χ2v) is 6.31. The van der Waals surface area contributed by atoms with Crippen molar-refractivity contribution in [2.24, 2.45) is 0 Å². The number of nitrogens with one attached hydrogen (secondary N) is 1. The lowest BCUT2D eigenvalue weighted by Crippen LogP contribution is -2.38. The molecule has 0 saturated carbocycles. The van der Waals surface area contributed by atoms with E-state index in [9.17, 15) is 14.0 Å². The van der Waals surface area contributed by atoms with Gasteiger partial charge >= 0.3 is 0 Å². The summed E-state index contributed by atoms with van der Waals surface area (Å²) in [5.74, 6) is -0.193. The standard InChI is InChI=1S/C19H22FN3O2/c20-17-4-2-15(3-5-17)12-18(24)22-8-1-9-23(11-10-22)19(25)13-16-6-7-21-14-16/h2-7,14,21H,1,8-13H2. The summed E-state index contributed by atoms with van der Waals surface area (Å²) in [6.07, 6.45) is 5.05. The van der Waals surface area contributed by atoms with Crippen molar-refractivity contribution in [3.8, 4) is 0 Å². The maximum atomic E-state index is 13.0. The van der Waals surface area contributed by atoms with Crippen LogP contribution in [0.15, 0.2) is 42.7 Å². The van der Waals surface area contributed by atoms with Crippen LogP contribution in [0.2, 0.25) is 0 Å². The molecule has 0 radical (unpaired) electrons. The molecular formula is C19H22FN3O2. The molecule has 0 aliphatic carbocycles. The van der Waals surface area contributed by atoms with Gasteiger partial charge in [-0.3, -0.25) is 9.59 Å². The predicted octanol–water partition coefficient (Wildman–Crippen LogP) is 2.00. The molecule has 0 bridgehead atoms. The van der Waals surface area contributed by atoms with Crippen molar-refractivity contribution in [2.75, 3.05) is 26.2 Å². The van der Waals surface area contributed by atoms with E-state index in [1.165, 1.54) is 12.1 Å². The maximum absolute atomic E-state index is 13.0. The fourth-order valence-corrected chi connectivity index (χ4v) is 3.06. The average Bonchev–Trinajstić information content (AvgIpc) is 2.98. The molecule has 0 unspecified atom stereocenters. The molecule has 2 heterocycles. The first kappa shape index (κ1) is 17.2. The average molecular weight is 343 g/mol. The summed E-state index contributed by atoms with van der Waals surface area (Å²) >= 11 is 0. The van der Waals surface area contributed by atoms with Crippen LogP contribution in [0.5, 0.6) is 0 Å². The largest absolute Gasteiger partial charge is 0.367 e. The van der Waals surface area contributed by atoms with E-state index < -0.39 is 0 Å². The second-order valence-electron chi connectivity index (χ2n) is 6.31. The minimum atomic E-state index is -0.303. The lowest BCUT2D eigenvalue weighted by Gasteiger charge is -2.22. The van der Waals surface area contributed by atoms with Crippen LogP contribution in [-0.2, 0) is 22.4 Å². The molecule has 1 N–H and O–H groups in total.